The van der Waals surface area contributed by atoms with Gasteiger partial charge in [-0.2, -0.15) is 5.10 Å². The Labute approximate surface area is 157 Å². The highest BCUT2D eigenvalue weighted by Gasteiger charge is 2.15. The van der Waals surface area contributed by atoms with Gasteiger partial charge in [-0.1, -0.05) is 0 Å². The van der Waals surface area contributed by atoms with Crippen LogP contribution in [-0.2, 0) is 4.79 Å². The first-order valence-electron chi connectivity index (χ1n) is 8.59. The Bertz CT molecular complexity index is 614. The van der Waals surface area contributed by atoms with Gasteiger partial charge in [0.1, 0.15) is 0 Å². The first-order chi connectivity index (χ1) is 12.0. The topological polar surface area (TPSA) is 54.4 Å². The van der Waals surface area contributed by atoms with Gasteiger partial charge in [-0.15, -0.1) is 0 Å². The number of benzene rings is 1. The van der Waals surface area contributed by atoms with Crippen molar-refractivity contribution in [3.63, 3.8) is 0 Å². The number of carbonyl (C=O) groups is 1. The minimum absolute atomic E-state index is 0.0348. The predicted octanol–water partition coefficient (Wildman–Crippen LogP) is 3.13. The number of piperidine rings is 1. The Hall–Kier alpha value is -1.76. The molecule has 0 aromatic heterocycles. The molecular formula is C18H26BrN3O3. The van der Waals surface area contributed by atoms with Gasteiger partial charge in [0.25, 0.3) is 5.91 Å². The molecule has 0 unspecified atom stereocenters. The Morgan fingerprint density at radius 1 is 1.28 bits per heavy atom. The zero-order valence-electron chi connectivity index (χ0n) is 15.1. The van der Waals surface area contributed by atoms with Crippen LogP contribution in [-0.4, -0.2) is 62.4 Å². The molecule has 2 rings (SSSR count). The van der Waals surface area contributed by atoms with Crippen LogP contribution in [0.2, 0.25) is 0 Å². The molecule has 0 aliphatic carbocycles. The lowest BCUT2D eigenvalue weighted by Gasteiger charge is -2.23. The van der Waals surface area contributed by atoms with Crippen LogP contribution in [0.1, 0.15) is 31.7 Å². The standard InChI is InChI=1S/C18H26BrN3O3/c1-4-24-16-11-14(12-20-22-8-6-5-7-9-22)10-15(19)18(16)25-13-17(23)21(2)3/h10-12H,4-9,13H2,1-3H3/b20-12-. The fourth-order valence-electron chi connectivity index (χ4n) is 2.47. The summed E-state index contributed by atoms with van der Waals surface area (Å²) >= 11 is 3.52. The first kappa shape index (κ1) is 19.6. The molecule has 1 aliphatic heterocycles. The van der Waals surface area contributed by atoms with Gasteiger partial charge in [-0.3, -0.25) is 9.80 Å². The summed E-state index contributed by atoms with van der Waals surface area (Å²) in [5, 5.41) is 6.65. The zero-order chi connectivity index (χ0) is 18.2. The van der Waals surface area contributed by atoms with Crippen LogP contribution in [0.25, 0.3) is 0 Å². The molecule has 25 heavy (non-hydrogen) atoms. The maximum atomic E-state index is 11.8. The first-order valence-corrected chi connectivity index (χ1v) is 9.38. The Morgan fingerprint density at radius 3 is 2.64 bits per heavy atom. The fraction of sp³-hybridized carbons (Fsp3) is 0.556. The van der Waals surface area contributed by atoms with E-state index in [1.807, 2.05) is 25.3 Å². The lowest BCUT2D eigenvalue weighted by Crippen LogP contribution is -2.27. The van der Waals surface area contributed by atoms with Gasteiger partial charge in [0, 0.05) is 27.2 Å². The molecular weight excluding hydrogens is 386 g/mol. The third-order valence-electron chi connectivity index (χ3n) is 3.87. The van der Waals surface area contributed by atoms with Gasteiger partial charge >= 0.3 is 0 Å². The van der Waals surface area contributed by atoms with Gasteiger partial charge in [-0.25, -0.2) is 0 Å². The van der Waals surface area contributed by atoms with Crippen LogP contribution < -0.4 is 9.47 Å². The number of ether oxygens (including phenoxy) is 2. The van der Waals surface area contributed by atoms with Crippen LogP contribution in [0.5, 0.6) is 11.5 Å². The summed E-state index contributed by atoms with van der Waals surface area (Å²) in [5.41, 5.74) is 0.923. The molecule has 0 radical (unpaired) electrons. The summed E-state index contributed by atoms with van der Waals surface area (Å²) in [4.78, 5) is 13.3. The highest BCUT2D eigenvalue weighted by atomic mass is 79.9. The normalized spacial score (nSPS) is 14.6. The molecule has 1 saturated heterocycles. The largest absolute Gasteiger partial charge is 0.490 e. The summed E-state index contributed by atoms with van der Waals surface area (Å²) in [6.07, 6.45) is 5.51. The van der Waals surface area contributed by atoms with Gasteiger partial charge in [0.15, 0.2) is 18.1 Å². The average molecular weight is 412 g/mol. The summed E-state index contributed by atoms with van der Waals surface area (Å²) in [5.74, 6) is 1.03. The second-order valence-electron chi connectivity index (χ2n) is 6.10. The Morgan fingerprint density at radius 2 is 2.00 bits per heavy atom. The van der Waals surface area contributed by atoms with Crippen molar-refractivity contribution in [3.05, 3.63) is 22.2 Å². The van der Waals surface area contributed by atoms with E-state index in [1.165, 1.54) is 24.2 Å². The Balaban J connectivity index is 2.14. The Kier molecular flexibility index (Phi) is 7.55. The number of carbonyl (C=O) groups excluding carboxylic acids is 1. The molecule has 1 fully saturated rings. The molecule has 7 heteroatoms. The van der Waals surface area contributed by atoms with E-state index in [0.29, 0.717) is 18.1 Å². The second-order valence-corrected chi connectivity index (χ2v) is 6.95. The SMILES string of the molecule is CCOc1cc(/C=N\N2CCCCC2)cc(Br)c1OCC(=O)N(C)C. The quantitative estimate of drug-likeness (QED) is 0.646. The molecule has 1 aliphatic rings. The van der Waals surface area contributed by atoms with Crippen LogP contribution in [0.3, 0.4) is 0 Å². The van der Waals surface area contributed by atoms with Crippen LogP contribution in [0.4, 0.5) is 0 Å². The predicted molar refractivity (Wildman–Crippen MR) is 103 cm³/mol. The van der Waals surface area contributed by atoms with E-state index in [0.717, 1.165) is 23.1 Å². The smallest absolute Gasteiger partial charge is 0.259 e. The van der Waals surface area contributed by atoms with Crippen molar-refractivity contribution in [1.29, 1.82) is 0 Å². The molecule has 1 heterocycles. The van der Waals surface area contributed by atoms with E-state index in [-0.39, 0.29) is 12.5 Å². The van der Waals surface area contributed by atoms with Gasteiger partial charge < -0.3 is 14.4 Å². The van der Waals surface area contributed by atoms with Crippen molar-refractivity contribution >= 4 is 28.1 Å². The fourth-order valence-corrected chi connectivity index (χ4v) is 3.04. The van der Waals surface area contributed by atoms with E-state index >= 15 is 0 Å². The lowest BCUT2D eigenvalue weighted by atomic mass is 10.2. The number of hydrazone groups is 1. The molecule has 0 atom stereocenters. The molecule has 0 saturated carbocycles. The third kappa shape index (κ3) is 5.92. The molecule has 1 aromatic carbocycles. The monoisotopic (exact) mass is 411 g/mol. The van der Waals surface area contributed by atoms with Crippen LogP contribution >= 0.6 is 15.9 Å². The van der Waals surface area contributed by atoms with Gasteiger partial charge in [0.05, 0.1) is 17.3 Å². The van der Waals surface area contributed by atoms with Crippen molar-refractivity contribution in [3.8, 4) is 11.5 Å². The highest BCUT2D eigenvalue weighted by Crippen LogP contribution is 2.36. The molecule has 6 nitrogen and oxygen atoms in total. The third-order valence-corrected chi connectivity index (χ3v) is 4.46. The van der Waals surface area contributed by atoms with Crippen LogP contribution in [0.15, 0.2) is 21.7 Å². The number of hydrogen-bond acceptors (Lipinski definition) is 5. The number of likely N-dealkylation sites (N-methyl/N-ethyl adjacent to an activating group) is 1. The number of amides is 1. The molecule has 1 amide bonds. The minimum Gasteiger partial charge on any atom is -0.490 e. The maximum absolute atomic E-state index is 11.8. The molecule has 138 valence electrons. The lowest BCUT2D eigenvalue weighted by molar-refractivity contribution is -0.130. The number of hydrogen-bond donors (Lipinski definition) is 0. The maximum Gasteiger partial charge on any atom is 0.259 e. The average Bonchev–Trinajstić information content (AvgIpc) is 2.60. The van der Waals surface area contributed by atoms with E-state index in [9.17, 15) is 4.79 Å². The summed E-state index contributed by atoms with van der Waals surface area (Å²) in [6.45, 7) is 4.40. The molecule has 0 bridgehead atoms. The highest BCUT2D eigenvalue weighted by molar-refractivity contribution is 9.10. The van der Waals surface area contributed by atoms with E-state index in [2.05, 4.69) is 26.0 Å². The molecule has 1 aromatic rings. The number of halogens is 1. The van der Waals surface area contributed by atoms with E-state index < -0.39 is 0 Å². The van der Waals surface area contributed by atoms with Crippen molar-refractivity contribution in [2.24, 2.45) is 5.10 Å². The molecule has 0 N–H and O–H groups in total. The summed E-state index contributed by atoms with van der Waals surface area (Å²) < 4.78 is 12.1. The van der Waals surface area contributed by atoms with Gasteiger partial charge in [-0.05, 0) is 59.8 Å². The summed E-state index contributed by atoms with van der Waals surface area (Å²) in [7, 11) is 3.40. The number of nitrogens with zero attached hydrogens (tertiary/aromatic N) is 3. The number of rotatable bonds is 7. The van der Waals surface area contributed by atoms with E-state index in [1.54, 1.807) is 14.1 Å². The van der Waals surface area contributed by atoms with Crippen molar-refractivity contribution in [1.82, 2.24) is 9.91 Å². The van der Waals surface area contributed by atoms with Crippen molar-refractivity contribution in [2.75, 3.05) is 40.4 Å². The zero-order valence-corrected chi connectivity index (χ0v) is 16.7. The van der Waals surface area contributed by atoms with Crippen LogP contribution in [0, 0.1) is 0 Å². The van der Waals surface area contributed by atoms with Crippen molar-refractivity contribution in [2.45, 2.75) is 26.2 Å². The van der Waals surface area contributed by atoms with Gasteiger partial charge in [0.2, 0.25) is 0 Å². The van der Waals surface area contributed by atoms with Crippen molar-refractivity contribution < 1.29 is 14.3 Å². The minimum atomic E-state index is -0.106. The second kappa shape index (κ2) is 9.65. The summed E-state index contributed by atoms with van der Waals surface area (Å²) in [6, 6.07) is 3.81. The van der Waals surface area contributed by atoms with E-state index in [4.69, 9.17) is 9.47 Å². The molecule has 0 spiro atoms.